The second-order valence-electron chi connectivity index (χ2n) is 3.78. The summed E-state index contributed by atoms with van der Waals surface area (Å²) < 4.78 is 0. The number of likely N-dealkylation sites (tertiary alicyclic amines) is 1. The molecule has 1 spiro atoms. The average Bonchev–Trinajstić information content (AvgIpc) is 1.83. The highest BCUT2D eigenvalue weighted by Crippen LogP contribution is 2.47. The van der Waals surface area contributed by atoms with Gasteiger partial charge in [0.25, 0.3) is 0 Å². The monoisotopic (exact) mass is 155 g/mol. The van der Waals surface area contributed by atoms with Crippen LogP contribution in [0, 0.1) is 5.41 Å². The first-order chi connectivity index (χ1) is 5.28. The number of nitrogens with two attached hydrogens (primary N) is 1. The van der Waals surface area contributed by atoms with Gasteiger partial charge >= 0.3 is 0 Å². The molecule has 4 nitrogen and oxygen atoms in total. The van der Waals surface area contributed by atoms with Crippen molar-refractivity contribution in [1.29, 1.82) is 0 Å². The van der Waals surface area contributed by atoms with Gasteiger partial charge in [-0.2, -0.15) is 0 Å². The van der Waals surface area contributed by atoms with E-state index in [-0.39, 0.29) is 0 Å². The van der Waals surface area contributed by atoms with Gasteiger partial charge in [0.05, 0.1) is 0 Å². The van der Waals surface area contributed by atoms with Crippen LogP contribution in [-0.2, 0) is 4.79 Å². The maximum atomic E-state index is 10.3. The molecule has 0 atom stereocenters. The summed E-state index contributed by atoms with van der Waals surface area (Å²) in [5.41, 5.74) is 3.19. The second kappa shape index (κ2) is 2.19. The van der Waals surface area contributed by atoms with Crippen LogP contribution in [0.4, 0.5) is 0 Å². The molecule has 2 aliphatic rings. The van der Waals surface area contributed by atoms with Crippen LogP contribution in [0.1, 0.15) is 12.8 Å². The average molecular weight is 155 g/mol. The van der Waals surface area contributed by atoms with E-state index in [1.807, 2.05) is 4.90 Å². The molecule has 11 heavy (non-hydrogen) atoms. The molecular formula is C7H13N3O. The van der Waals surface area contributed by atoms with Crippen LogP contribution in [-0.4, -0.2) is 30.4 Å². The van der Waals surface area contributed by atoms with E-state index in [1.54, 1.807) is 0 Å². The third-order valence-corrected chi connectivity index (χ3v) is 2.82. The number of carbonyl (C=O) groups is 1. The molecular weight excluding hydrogens is 142 g/mol. The van der Waals surface area contributed by atoms with Gasteiger partial charge in [-0.3, -0.25) is 16.1 Å². The minimum Gasteiger partial charge on any atom is -0.344 e. The summed E-state index contributed by atoms with van der Waals surface area (Å²) in [5.74, 6) is 5.27. The van der Waals surface area contributed by atoms with Crippen molar-refractivity contribution in [3.05, 3.63) is 0 Å². The molecule has 0 aromatic rings. The molecule has 2 fully saturated rings. The molecule has 1 aliphatic carbocycles. The highest BCUT2D eigenvalue weighted by Gasteiger charge is 2.51. The summed E-state index contributed by atoms with van der Waals surface area (Å²) >= 11 is 0. The Kier molecular flexibility index (Phi) is 1.40. The maximum absolute atomic E-state index is 10.3. The van der Waals surface area contributed by atoms with Crippen molar-refractivity contribution in [2.24, 2.45) is 11.3 Å². The van der Waals surface area contributed by atoms with Gasteiger partial charge < -0.3 is 4.90 Å². The van der Waals surface area contributed by atoms with Gasteiger partial charge in [0, 0.05) is 24.5 Å². The van der Waals surface area contributed by atoms with Crippen molar-refractivity contribution in [3.63, 3.8) is 0 Å². The molecule has 1 aliphatic heterocycles. The van der Waals surface area contributed by atoms with E-state index in [1.165, 1.54) is 0 Å². The summed E-state index contributed by atoms with van der Waals surface area (Å²) in [5, 5.41) is 0. The summed E-state index contributed by atoms with van der Waals surface area (Å²) in [6, 6.07) is 0.490. The van der Waals surface area contributed by atoms with Gasteiger partial charge in [-0.1, -0.05) is 0 Å². The molecule has 0 aromatic carbocycles. The Bertz CT molecular complexity index is 169. The highest BCUT2D eigenvalue weighted by molar-refractivity contribution is 5.49. The Labute approximate surface area is 65.7 Å². The van der Waals surface area contributed by atoms with Gasteiger partial charge in [0.2, 0.25) is 6.41 Å². The first kappa shape index (κ1) is 7.06. The molecule has 3 N–H and O–H groups in total. The Morgan fingerprint density at radius 3 is 2.64 bits per heavy atom. The number of hydrazine groups is 1. The Hall–Kier alpha value is -0.610. The van der Waals surface area contributed by atoms with E-state index < -0.39 is 0 Å². The molecule has 1 heterocycles. The van der Waals surface area contributed by atoms with E-state index >= 15 is 0 Å². The first-order valence-corrected chi connectivity index (χ1v) is 3.93. The Balaban J connectivity index is 1.79. The largest absolute Gasteiger partial charge is 0.344 e. The smallest absolute Gasteiger partial charge is 0.209 e. The zero-order valence-corrected chi connectivity index (χ0v) is 6.42. The number of nitrogens with one attached hydrogen (secondary N) is 1. The summed E-state index contributed by atoms with van der Waals surface area (Å²) in [4.78, 5) is 12.1. The Morgan fingerprint density at radius 1 is 1.55 bits per heavy atom. The van der Waals surface area contributed by atoms with Crippen molar-refractivity contribution in [2.45, 2.75) is 18.9 Å². The molecule has 0 bridgehead atoms. The fourth-order valence-corrected chi connectivity index (χ4v) is 2.25. The van der Waals surface area contributed by atoms with Crippen molar-refractivity contribution >= 4 is 6.41 Å². The summed E-state index contributed by atoms with van der Waals surface area (Å²) in [7, 11) is 0. The van der Waals surface area contributed by atoms with E-state index in [0.29, 0.717) is 11.5 Å². The zero-order chi connectivity index (χ0) is 7.90. The number of nitrogens with zero attached hydrogens (tertiary/aromatic N) is 1. The number of hydrogen-bond acceptors (Lipinski definition) is 3. The number of hydrogen-bond donors (Lipinski definition) is 2. The number of rotatable bonds is 2. The molecule has 62 valence electrons. The van der Waals surface area contributed by atoms with E-state index in [0.717, 1.165) is 32.3 Å². The molecule has 4 heteroatoms. The summed E-state index contributed by atoms with van der Waals surface area (Å²) in [6.07, 6.45) is 3.19. The van der Waals surface area contributed by atoms with Crippen LogP contribution < -0.4 is 11.3 Å². The van der Waals surface area contributed by atoms with Crippen LogP contribution >= 0.6 is 0 Å². The lowest BCUT2D eigenvalue weighted by atomic mass is 9.61. The van der Waals surface area contributed by atoms with Gasteiger partial charge in [-0.25, -0.2) is 0 Å². The quantitative estimate of drug-likeness (QED) is 0.308. The van der Waals surface area contributed by atoms with Crippen molar-refractivity contribution < 1.29 is 4.79 Å². The predicted octanol–water partition coefficient (Wildman–Crippen LogP) is -0.930. The van der Waals surface area contributed by atoms with Crippen molar-refractivity contribution in [1.82, 2.24) is 10.3 Å². The van der Waals surface area contributed by atoms with Crippen LogP contribution in [0.2, 0.25) is 0 Å². The standard InChI is InChI=1S/C7H13N3O/c8-9-6-1-7(2-6)3-10(4-7)5-11/h5-6,9H,1-4,8H2. The fourth-order valence-electron chi connectivity index (χ4n) is 2.25. The molecule has 0 aromatic heterocycles. The SMILES string of the molecule is NNC1CC2(C1)CN(C=O)C2. The maximum Gasteiger partial charge on any atom is 0.209 e. The van der Waals surface area contributed by atoms with Crippen LogP contribution in [0.15, 0.2) is 0 Å². The third-order valence-electron chi connectivity index (χ3n) is 2.82. The molecule has 1 saturated carbocycles. The van der Waals surface area contributed by atoms with Crippen LogP contribution in [0.3, 0.4) is 0 Å². The van der Waals surface area contributed by atoms with E-state index in [2.05, 4.69) is 5.43 Å². The lowest BCUT2D eigenvalue weighted by Crippen LogP contribution is -2.66. The second-order valence-corrected chi connectivity index (χ2v) is 3.78. The highest BCUT2D eigenvalue weighted by atomic mass is 16.1. The van der Waals surface area contributed by atoms with Crippen LogP contribution in [0.25, 0.3) is 0 Å². The van der Waals surface area contributed by atoms with Crippen LogP contribution in [0.5, 0.6) is 0 Å². The predicted molar refractivity (Wildman–Crippen MR) is 40.4 cm³/mol. The van der Waals surface area contributed by atoms with Crippen molar-refractivity contribution in [3.8, 4) is 0 Å². The topological polar surface area (TPSA) is 58.4 Å². The van der Waals surface area contributed by atoms with E-state index in [9.17, 15) is 4.79 Å². The molecule has 1 saturated heterocycles. The lowest BCUT2D eigenvalue weighted by Gasteiger charge is -2.57. The molecule has 0 radical (unpaired) electrons. The molecule has 2 rings (SSSR count). The number of amides is 1. The minimum absolute atomic E-state index is 0.442. The zero-order valence-electron chi connectivity index (χ0n) is 6.42. The Morgan fingerprint density at radius 2 is 2.18 bits per heavy atom. The lowest BCUT2D eigenvalue weighted by molar-refractivity contribution is -0.138. The normalized spacial score (nSPS) is 27.9. The molecule has 0 unspecified atom stereocenters. The number of carbonyl (C=O) groups excluding carboxylic acids is 1. The fraction of sp³-hybridized carbons (Fsp3) is 0.857. The summed E-state index contributed by atoms with van der Waals surface area (Å²) in [6.45, 7) is 1.88. The minimum atomic E-state index is 0.442. The van der Waals surface area contributed by atoms with Gasteiger partial charge in [-0.15, -0.1) is 0 Å². The van der Waals surface area contributed by atoms with Gasteiger partial charge in [0.1, 0.15) is 0 Å². The van der Waals surface area contributed by atoms with Gasteiger partial charge in [0.15, 0.2) is 0 Å². The first-order valence-electron chi connectivity index (χ1n) is 3.93. The molecule has 1 amide bonds. The van der Waals surface area contributed by atoms with E-state index in [4.69, 9.17) is 5.84 Å². The van der Waals surface area contributed by atoms with Crippen molar-refractivity contribution in [2.75, 3.05) is 13.1 Å². The van der Waals surface area contributed by atoms with Gasteiger partial charge in [-0.05, 0) is 12.8 Å². The third kappa shape index (κ3) is 0.937.